The van der Waals surface area contributed by atoms with E-state index < -0.39 is 30.3 Å². The number of nitrogens with zero attached hydrogens (tertiary/aromatic N) is 5. The number of imidazole rings is 1. The van der Waals surface area contributed by atoms with Crippen molar-refractivity contribution >= 4 is 51.0 Å². The number of hydrogen-bond donors (Lipinski definition) is 1. The van der Waals surface area contributed by atoms with Gasteiger partial charge in [-0.15, -0.1) is 11.3 Å². The van der Waals surface area contributed by atoms with E-state index >= 15 is 0 Å². The van der Waals surface area contributed by atoms with Gasteiger partial charge in [0.2, 0.25) is 4.96 Å². The van der Waals surface area contributed by atoms with E-state index in [1.165, 1.54) is 29.7 Å². The minimum Gasteiger partial charge on any atom is -0.482 e. The van der Waals surface area contributed by atoms with E-state index in [0.717, 1.165) is 28.9 Å². The third-order valence-corrected chi connectivity index (χ3v) is 7.74. The van der Waals surface area contributed by atoms with Gasteiger partial charge in [-0.05, 0) is 25.1 Å². The SMILES string of the molecule is CNC(=O)c1csc(C2c3c(nc4sc(C)nn34)CCN2C(=O)COc2ccc(C(F)(F)F)cc2Cl)n1. The highest BCUT2D eigenvalue weighted by Gasteiger charge is 2.39. The van der Waals surface area contributed by atoms with Crippen LogP contribution in [0.25, 0.3) is 4.96 Å². The maximum absolute atomic E-state index is 13.4. The summed E-state index contributed by atoms with van der Waals surface area (Å²) in [7, 11) is 1.50. The van der Waals surface area contributed by atoms with Crippen LogP contribution in [-0.2, 0) is 17.4 Å². The Morgan fingerprint density at radius 2 is 2.08 bits per heavy atom. The molecule has 4 aromatic rings. The number of carbonyl (C=O) groups is 2. The quantitative estimate of drug-likeness (QED) is 0.387. The van der Waals surface area contributed by atoms with Crippen LogP contribution in [0.4, 0.5) is 13.2 Å². The molecule has 1 unspecified atom stereocenters. The van der Waals surface area contributed by atoms with Gasteiger partial charge in [0, 0.05) is 25.4 Å². The molecule has 15 heteroatoms. The first-order valence-corrected chi connectivity index (χ1v) is 13.0. The third kappa shape index (κ3) is 4.76. The molecule has 1 aliphatic heterocycles. The number of thiazole rings is 1. The Morgan fingerprint density at radius 1 is 1.30 bits per heavy atom. The molecule has 37 heavy (non-hydrogen) atoms. The summed E-state index contributed by atoms with van der Waals surface area (Å²) in [6.45, 7) is 1.67. The average Bonchev–Trinajstić information content (AvgIpc) is 3.55. The monoisotopic (exact) mass is 570 g/mol. The zero-order valence-corrected chi connectivity index (χ0v) is 21.7. The number of hydrogen-bond acceptors (Lipinski definition) is 8. The Kier molecular flexibility index (Phi) is 6.58. The Morgan fingerprint density at radius 3 is 2.78 bits per heavy atom. The van der Waals surface area contributed by atoms with Crippen molar-refractivity contribution in [3.8, 4) is 5.75 Å². The number of alkyl halides is 3. The Hall–Kier alpha value is -3.23. The first kappa shape index (κ1) is 25.4. The number of fused-ring (bicyclic) bond motifs is 3. The summed E-state index contributed by atoms with van der Waals surface area (Å²) in [5.74, 6) is -0.847. The molecule has 0 spiro atoms. The molecule has 2 amide bonds. The summed E-state index contributed by atoms with van der Waals surface area (Å²) >= 11 is 8.62. The molecule has 1 atom stereocenters. The lowest BCUT2D eigenvalue weighted by molar-refractivity contribution is -0.138. The number of halogens is 4. The van der Waals surface area contributed by atoms with Gasteiger partial charge in [0.1, 0.15) is 27.5 Å². The Balaban J connectivity index is 1.46. The second-order valence-corrected chi connectivity index (χ2v) is 10.5. The van der Waals surface area contributed by atoms with E-state index in [1.807, 2.05) is 6.92 Å². The smallest absolute Gasteiger partial charge is 0.416 e. The Bertz CT molecular complexity index is 1520. The van der Waals surface area contributed by atoms with Gasteiger partial charge in [-0.25, -0.2) is 14.5 Å². The molecule has 9 nitrogen and oxygen atoms in total. The fourth-order valence-electron chi connectivity index (χ4n) is 4.04. The summed E-state index contributed by atoms with van der Waals surface area (Å²) in [5.41, 5.74) is 0.740. The number of aryl methyl sites for hydroxylation is 1. The number of benzene rings is 1. The van der Waals surface area contributed by atoms with E-state index in [4.69, 9.17) is 16.3 Å². The molecule has 4 heterocycles. The highest BCUT2D eigenvalue weighted by molar-refractivity contribution is 7.16. The third-order valence-electron chi connectivity index (χ3n) is 5.72. The van der Waals surface area contributed by atoms with Crippen LogP contribution in [0.15, 0.2) is 23.6 Å². The number of rotatable bonds is 5. The normalized spacial score (nSPS) is 15.6. The van der Waals surface area contributed by atoms with Crippen molar-refractivity contribution in [2.45, 2.75) is 25.6 Å². The van der Waals surface area contributed by atoms with E-state index in [0.29, 0.717) is 28.6 Å². The zero-order valence-electron chi connectivity index (χ0n) is 19.3. The van der Waals surface area contributed by atoms with Crippen molar-refractivity contribution < 1.29 is 27.5 Å². The molecule has 0 saturated heterocycles. The molecular weight excluding hydrogens is 553 g/mol. The fraction of sp³-hybridized carbons (Fsp3) is 0.318. The summed E-state index contributed by atoms with van der Waals surface area (Å²) in [6.07, 6.45) is -4.09. The van der Waals surface area contributed by atoms with Crippen LogP contribution in [0.1, 0.15) is 43.5 Å². The summed E-state index contributed by atoms with van der Waals surface area (Å²) in [6, 6.07) is 1.98. The maximum atomic E-state index is 13.4. The minimum atomic E-state index is -4.55. The van der Waals surface area contributed by atoms with Crippen LogP contribution in [0.2, 0.25) is 5.02 Å². The molecule has 0 saturated carbocycles. The van der Waals surface area contributed by atoms with Crippen molar-refractivity contribution in [1.29, 1.82) is 0 Å². The molecule has 1 N–H and O–H groups in total. The van der Waals surface area contributed by atoms with Crippen LogP contribution in [-0.4, -0.2) is 56.5 Å². The van der Waals surface area contributed by atoms with Crippen molar-refractivity contribution in [2.75, 3.05) is 20.2 Å². The highest BCUT2D eigenvalue weighted by atomic mass is 35.5. The molecular formula is C22H18ClF3N6O3S2. The minimum absolute atomic E-state index is 0.0460. The maximum Gasteiger partial charge on any atom is 0.416 e. The molecule has 194 valence electrons. The summed E-state index contributed by atoms with van der Waals surface area (Å²) in [4.78, 5) is 36.9. The first-order chi connectivity index (χ1) is 17.6. The fourth-order valence-corrected chi connectivity index (χ4v) is 5.96. The van der Waals surface area contributed by atoms with Crippen molar-refractivity contribution in [1.82, 2.24) is 29.8 Å². The standard InChI is InChI=1S/C22H18ClF3N6O3S2/c1-10-30-32-17-13(29-21(32)37-10)5-6-31(18(17)20-28-14(9-36-20)19(34)27-2)16(33)8-35-15-4-3-11(7-12(15)23)22(24,25)26/h3-4,7,9,18H,5-6,8H2,1-2H3,(H,27,34). The van der Waals surface area contributed by atoms with Crippen LogP contribution in [0.5, 0.6) is 5.75 Å². The molecule has 3 aromatic heterocycles. The van der Waals surface area contributed by atoms with Gasteiger partial charge < -0.3 is 15.0 Å². The van der Waals surface area contributed by atoms with E-state index in [9.17, 15) is 22.8 Å². The highest BCUT2D eigenvalue weighted by Crippen LogP contribution is 2.38. The van der Waals surface area contributed by atoms with Crippen molar-refractivity contribution in [2.24, 2.45) is 0 Å². The number of carbonyl (C=O) groups excluding carboxylic acids is 2. The van der Waals surface area contributed by atoms with Gasteiger partial charge in [-0.3, -0.25) is 9.59 Å². The zero-order chi connectivity index (χ0) is 26.5. The topological polar surface area (TPSA) is 102 Å². The first-order valence-electron chi connectivity index (χ1n) is 10.9. The van der Waals surface area contributed by atoms with Gasteiger partial charge in [-0.2, -0.15) is 18.3 Å². The summed E-state index contributed by atoms with van der Waals surface area (Å²) in [5, 5.41) is 9.70. The largest absolute Gasteiger partial charge is 0.482 e. The second-order valence-electron chi connectivity index (χ2n) is 8.08. The van der Waals surface area contributed by atoms with Crippen LogP contribution in [0.3, 0.4) is 0 Å². The lowest BCUT2D eigenvalue weighted by atomic mass is 10.0. The van der Waals surface area contributed by atoms with E-state index in [1.54, 1.807) is 14.8 Å². The molecule has 5 rings (SSSR count). The molecule has 0 radical (unpaired) electrons. The molecule has 0 bridgehead atoms. The molecule has 1 aliphatic rings. The van der Waals surface area contributed by atoms with Gasteiger partial charge in [0.05, 0.1) is 22.0 Å². The van der Waals surface area contributed by atoms with E-state index in [2.05, 4.69) is 20.4 Å². The van der Waals surface area contributed by atoms with Gasteiger partial charge in [0.15, 0.2) is 6.61 Å². The average molecular weight is 571 g/mol. The van der Waals surface area contributed by atoms with Gasteiger partial charge >= 0.3 is 6.18 Å². The van der Waals surface area contributed by atoms with Gasteiger partial charge in [0.25, 0.3) is 11.8 Å². The van der Waals surface area contributed by atoms with E-state index in [-0.39, 0.29) is 22.4 Å². The lowest BCUT2D eigenvalue weighted by Gasteiger charge is -2.34. The van der Waals surface area contributed by atoms with Crippen LogP contribution >= 0.6 is 34.3 Å². The molecule has 0 fully saturated rings. The number of ether oxygens (including phenoxy) is 1. The van der Waals surface area contributed by atoms with Gasteiger partial charge in [-0.1, -0.05) is 22.9 Å². The number of amides is 2. The predicted molar refractivity (Wildman–Crippen MR) is 130 cm³/mol. The molecule has 0 aliphatic carbocycles. The van der Waals surface area contributed by atoms with Crippen molar-refractivity contribution in [3.05, 3.63) is 61.3 Å². The predicted octanol–water partition coefficient (Wildman–Crippen LogP) is 4.14. The van der Waals surface area contributed by atoms with Crippen LogP contribution in [0, 0.1) is 6.92 Å². The second kappa shape index (κ2) is 9.58. The number of aromatic nitrogens is 4. The summed E-state index contributed by atoms with van der Waals surface area (Å²) < 4.78 is 46.0. The van der Waals surface area contributed by atoms with Crippen molar-refractivity contribution in [3.63, 3.8) is 0 Å². The molecule has 1 aromatic carbocycles. The lowest BCUT2D eigenvalue weighted by Crippen LogP contribution is -2.43. The number of nitrogens with one attached hydrogen (secondary N) is 1. The Labute approximate surface area is 220 Å². The van der Waals surface area contributed by atoms with Crippen LogP contribution < -0.4 is 10.1 Å².